The summed E-state index contributed by atoms with van der Waals surface area (Å²) in [6.07, 6.45) is 7.55. The van der Waals surface area contributed by atoms with E-state index in [0.29, 0.717) is 16.8 Å². The number of nitrogens with zero attached hydrogens (tertiary/aromatic N) is 2. The number of aryl methyl sites for hydroxylation is 2. The molecule has 5 heteroatoms. The van der Waals surface area contributed by atoms with Crippen molar-refractivity contribution in [2.75, 3.05) is 4.90 Å². The van der Waals surface area contributed by atoms with Gasteiger partial charge < -0.3 is 5.11 Å². The lowest BCUT2D eigenvalue weighted by molar-refractivity contribution is -0.132. The summed E-state index contributed by atoms with van der Waals surface area (Å²) in [6, 6.07) is 17.7. The molecule has 1 amide bonds. The van der Waals surface area contributed by atoms with Crippen molar-refractivity contribution >= 4 is 23.1 Å². The molecule has 0 radical (unpaired) electrons. The van der Waals surface area contributed by atoms with Gasteiger partial charge in [0.25, 0.3) is 11.7 Å². The minimum atomic E-state index is -0.743. The van der Waals surface area contributed by atoms with Crippen molar-refractivity contribution in [3.8, 4) is 0 Å². The summed E-state index contributed by atoms with van der Waals surface area (Å²) in [5, 5.41) is 11.3. The quantitative estimate of drug-likeness (QED) is 0.390. The number of benzene rings is 2. The number of fused-ring (bicyclic) bond motifs is 1. The van der Waals surface area contributed by atoms with Crippen molar-refractivity contribution in [3.05, 3.63) is 101 Å². The number of carbonyl (C=O) groups is 2. The van der Waals surface area contributed by atoms with Gasteiger partial charge in [-0.3, -0.25) is 19.5 Å². The molecule has 154 valence electrons. The maximum absolute atomic E-state index is 13.1. The molecule has 1 aliphatic carbocycles. The van der Waals surface area contributed by atoms with Gasteiger partial charge in [0.15, 0.2) is 0 Å². The number of aliphatic hydroxyl groups excluding tert-OH is 1. The highest BCUT2D eigenvalue weighted by Crippen LogP contribution is 2.42. The van der Waals surface area contributed by atoms with E-state index in [1.165, 1.54) is 22.4 Å². The molecular weight excluding hydrogens is 388 g/mol. The number of carbonyl (C=O) groups excluding carboxylic acids is 2. The van der Waals surface area contributed by atoms with Gasteiger partial charge >= 0.3 is 0 Å². The number of hydrogen-bond acceptors (Lipinski definition) is 4. The van der Waals surface area contributed by atoms with Gasteiger partial charge in [-0.1, -0.05) is 36.4 Å². The number of aromatic nitrogens is 1. The summed E-state index contributed by atoms with van der Waals surface area (Å²) in [5.41, 5.74) is 4.42. The van der Waals surface area contributed by atoms with Crippen molar-refractivity contribution in [2.24, 2.45) is 0 Å². The van der Waals surface area contributed by atoms with E-state index < -0.39 is 17.7 Å². The molecule has 1 unspecified atom stereocenters. The third kappa shape index (κ3) is 3.32. The molecule has 2 heterocycles. The van der Waals surface area contributed by atoms with Gasteiger partial charge in [-0.15, -0.1) is 0 Å². The van der Waals surface area contributed by atoms with Gasteiger partial charge in [-0.05, 0) is 66.6 Å². The molecule has 0 bridgehead atoms. The highest BCUT2D eigenvalue weighted by Gasteiger charge is 2.47. The first kappa shape index (κ1) is 19.2. The van der Waals surface area contributed by atoms with Crippen LogP contribution in [0.3, 0.4) is 0 Å². The van der Waals surface area contributed by atoms with Crippen molar-refractivity contribution in [2.45, 2.75) is 31.7 Å². The topological polar surface area (TPSA) is 70.5 Å². The predicted octanol–water partition coefficient (Wildman–Crippen LogP) is 4.59. The van der Waals surface area contributed by atoms with E-state index >= 15 is 0 Å². The molecule has 0 saturated carbocycles. The zero-order valence-electron chi connectivity index (χ0n) is 17.0. The highest BCUT2D eigenvalue weighted by atomic mass is 16.3. The summed E-state index contributed by atoms with van der Waals surface area (Å²) >= 11 is 0. The van der Waals surface area contributed by atoms with Crippen LogP contribution >= 0.6 is 0 Å². The van der Waals surface area contributed by atoms with Crippen LogP contribution in [0.2, 0.25) is 0 Å². The molecule has 31 heavy (non-hydrogen) atoms. The van der Waals surface area contributed by atoms with Crippen LogP contribution in [0.15, 0.2) is 78.6 Å². The van der Waals surface area contributed by atoms with Gasteiger partial charge in [0, 0.05) is 23.6 Å². The number of amides is 1. The zero-order valence-corrected chi connectivity index (χ0v) is 17.0. The van der Waals surface area contributed by atoms with E-state index in [9.17, 15) is 14.7 Å². The number of aliphatic hydroxyl groups is 1. The Bertz CT molecular complexity index is 1190. The predicted molar refractivity (Wildman–Crippen MR) is 119 cm³/mol. The van der Waals surface area contributed by atoms with Crippen LogP contribution in [0.1, 0.15) is 41.1 Å². The zero-order chi connectivity index (χ0) is 21.4. The lowest BCUT2D eigenvalue weighted by Crippen LogP contribution is -2.29. The first-order valence-electron chi connectivity index (χ1n) is 10.5. The monoisotopic (exact) mass is 410 g/mol. The molecule has 1 fully saturated rings. The lowest BCUT2D eigenvalue weighted by atomic mass is 9.89. The largest absolute Gasteiger partial charge is 0.507 e. The summed E-state index contributed by atoms with van der Waals surface area (Å²) in [5.74, 6) is -1.48. The average molecular weight is 410 g/mol. The van der Waals surface area contributed by atoms with Gasteiger partial charge in [-0.25, -0.2) is 0 Å². The number of Topliss-reactive ketones (excluding diaryl/α,β-unsaturated/α-hetero) is 1. The Hall–Kier alpha value is -3.73. The van der Waals surface area contributed by atoms with Gasteiger partial charge in [0.2, 0.25) is 0 Å². The van der Waals surface area contributed by atoms with Crippen molar-refractivity contribution in [3.63, 3.8) is 0 Å². The van der Waals surface area contributed by atoms with Gasteiger partial charge in [0.05, 0.1) is 11.6 Å². The second-order valence-corrected chi connectivity index (χ2v) is 7.98. The molecule has 0 spiro atoms. The summed E-state index contributed by atoms with van der Waals surface area (Å²) in [4.78, 5) is 31.9. The second-order valence-electron chi connectivity index (χ2n) is 7.98. The fraction of sp³-hybridized carbons (Fsp3) is 0.192. The number of ketones is 1. The third-order valence-electron chi connectivity index (χ3n) is 6.10. The Labute approximate surface area is 180 Å². The SMILES string of the molecule is O=C1C(=O)N(c2ccccc2)C(c2cccnc2)/C1=C(/O)c1ccc2c(c1)CCCC2. The second kappa shape index (κ2) is 7.84. The third-order valence-corrected chi connectivity index (χ3v) is 6.10. The molecule has 5 nitrogen and oxygen atoms in total. The average Bonchev–Trinajstić information content (AvgIpc) is 3.10. The first-order valence-corrected chi connectivity index (χ1v) is 10.5. The van der Waals surface area contributed by atoms with E-state index in [1.807, 2.05) is 42.5 Å². The molecule has 1 atom stereocenters. The number of anilines is 1. The molecule has 2 aliphatic rings. The molecule has 1 N–H and O–H groups in total. The number of para-hydroxylation sites is 1. The minimum Gasteiger partial charge on any atom is -0.507 e. The molecule has 1 aliphatic heterocycles. The molecule has 1 saturated heterocycles. The van der Waals surface area contributed by atoms with Crippen LogP contribution in [0.4, 0.5) is 5.69 Å². The number of rotatable bonds is 3. The molecule has 3 aromatic rings. The minimum absolute atomic E-state index is 0.0950. The van der Waals surface area contributed by atoms with E-state index in [-0.39, 0.29) is 11.3 Å². The van der Waals surface area contributed by atoms with Crippen LogP contribution in [0.5, 0.6) is 0 Å². The number of hydrogen-bond donors (Lipinski definition) is 1. The maximum Gasteiger partial charge on any atom is 0.300 e. The van der Waals surface area contributed by atoms with Gasteiger partial charge in [-0.2, -0.15) is 0 Å². The van der Waals surface area contributed by atoms with Crippen LogP contribution in [-0.2, 0) is 22.4 Å². The smallest absolute Gasteiger partial charge is 0.300 e. The maximum atomic E-state index is 13.1. The summed E-state index contributed by atoms with van der Waals surface area (Å²) in [7, 11) is 0. The summed E-state index contributed by atoms with van der Waals surface area (Å²) in [6.45, 7) is 0. The van der Waals surface area contributed by atoms with E-state index in [4.69, 9.17) is 0 Å². The first-order chi connectivity index (χ1) is 15.1. The number of pyridine rings is 1. The Morgan fingerprint density at radius 1 is 0.935 bits per heavy atom. The standard InChI is InChI=1S/C26H22N2O3/c29-24(19-13-12-17-7-4-5-8-18(17)15-19)22-23(20-9-6-14-27-16-20)28(26(31)25(22)30)21-10-2-1-3-11-21/h1-3,6,9-16,23,29H,4-5,7-8H2/b24-22-. The van der Waals surface area contributed by atoms with Crippen molar-refractivity contribution < 1.29 is 14.7 Å². The Morgan fingerprint density at radius 2 is 1.71 bits per heavy atom. The molecule has 5 rings (SSSR count). The fourth-order valence-electron chi connectivity index (χ4n) is 4.58. The van der Waals surface area contributed by atoms with Gasteiger partial charge in [0.1, 0.15) is 5.76 Å². The van der Waals surface area contributed by atoms with E-state index in [2.05, 4.69) is 4.98 Å². The van der Waals surface area contributed by atoms with Crippen LogP contribution in [-0.4, -0.2) is 21.8 Å². The normalized spacial score (nSPS) is 20.0. The van der Waals surface area contributed by atoms with Crippen LogP contribution < -0.4 is 4.90 Å². The van der Waals surface area contributed by atoms with Crippen LogP contribution in [0.25, 0.3) is 5.76 Å². The highest BCUT2D eigenvalue weighted by molar-refractivity contribution is 6.51. The summed E-state index contributed by atoms with van der Waals surface area (Å²) < 4.78 is 0. The molecular formula is C26H22N2O3. The Balaban J connectivity index is 1.69. The van der Waals surface area contributed by atoms with E-state index in [1.54, 1.807) is 30.6 Å². The van der Waals surface area contributed by atoms with Crippen molar-refractivity contribution in [1.29, 1.82) is 0 Å². The Morgan fingerprint density at radius 3 is 2.45 bits per heavy atom. The lowest BCUT2D eigenvalue weighted by Gasteiger charge is -2.25. The molecule has 2 aromatic carbocycles. The molecule has 1 aromatic heterocycles. The fourth-order valence-corrected chi connectivity index (χ4v) is 4.58. The van der Waals surface area contributed by atoms with E-state index in [0.717, 1.165) is 19.3 Å². The Kier molecular flexibility index (Phi) is 4.86. The van der Waals surface area contributed by atoms with Crippen LogP contribution in [0, 0.1) is 0 Å². The van der Waals surface area contributed by atoms with Crippen molar-refractivity contribution in [1.82, 2.24) is 4.98 Å².